The van der Waals surface area contributed by atoms with Gasteiger partial charge in [0.2, 0.25) is 0 Å². The van der Waals surface area contributed by atoms with E-state index in [1.54, 1.807) is 0 Å². The standard InChI is InChI=1S/C3F3NO.BH3/c4-1-2(5)7-8-3(1)6;/h;1H3. The molecule has 0 saturated carbocycles. The van der Waals surface area contributed by atoms with Crippen LogP contribution in [0.4, 0.5) is 13.2 Å². The summed E-state index contributed by atoms with van der Waals surface area (Å²) in [6, 6.07) is -1.62. The van der Waals surface area contributed by atoms with Gasteiger partial charge in [-0.05, 0) is 5.16 Å². The maximum atomic E-state index is 11.6. The van der Waals surface area contributed by atoms with Crippen LogP contribution in [0.25, 0.3) is 0 Å². The third-order valence-electron chi connectivity index (χ3n) is 0.560. The molecule has 0 aliphatic rings. The molecule has 0 saturated heterocycles. The Balaban J connectivity index is 0.000000640. The van der Waals surface area contributed by atoms with Gasteiger partial charge in [-0.2, -0.15) is 13.2 Å². The van der Waals surface area contributed by atoms with Gasteiger partial charge >= 0.3 is 6.01 Å². The molecule has 0 unspecified atom stereocenters. The van der Waals surface area contributed by atoms with E-state index in [1.165, 1.54) is 0 Å². The van der Waals surface area contributed by atoms with Gasteiger partial charge < -0.3 is 4.52 Å². The summed E-state index contributed by atoms with van der Waals surface area (Å²) in [4.78, 5) is 0. The summed E-state index contributed by atoms with van der Waals surface area (Å²) in [5.41, 5.74) is 0. The minimum Gasteiger partial charge on any atom is -0.320 e. The summed E-state index contributed by atoms with van der Waals surface area (Å²) in [5, 5.41) is 2.32. The molecule has 1 heterocycles. The second-order valence-corrected chi connectivity index (χ2v) is 1.06. The van der Waals surface area contributed by atoms with Crippen LogP contribution in [0.5, 0.6) is 0 Å². The van der Waals surface area contributed by atoms with Crippen molar-refractivity contribution >= 4 is 8.41 Å². The van der Waals surface area contributed by atoms with Crippen molar-refractivity contribution in [2.24, 2.45) is 0 Å². The van der Waals surface area contributed by atoms with Gasteiger partial charge in [-0.15, -0.1) is 0 Å². The number of nitrogens with zero attached hydrogens (tertiary/aromatic N) is 1. The Bertz CT molecular complexity index is 181. The maximum Gasteiger partial charge on any atom is 0.344 e. The van der Waals surface area contributed by atoms with Gasteiger partial charge in [-0.1, -0.05) is 0 Å². The molecule has 9 heavy (non-hydrogen) atoms. The van der Waals surface area contributed by atoms with Crippen molar-refractivity contribution in [1.82, 2.24) is 5.16 Å². The lowest BCUT2D eigenvalue weighted by Gasteiger charge is -1.68. The molecule has 0 spiro atoms. The molecule has 1 aromatic rings. The highest BCUT2D eigenvalue weighted by atomic mass is 19.2. The summed E-state index contributed by atoms with van der Waals surface area (Å²) in [6.45, 7) is 0. The van der Waals surface area contributed by atoms with Crippen molar-refractivity contribution < 1.29 is 17.7 Å². The summed E-state index contributed by atoms with van der Waals surface area (Å²) in [7, 11) is 0. The predicted molar refractivity (Wildman–Crippen MR) is 26.3 cm³/mol. The fourth-order valence-electron chi connectivity index (χ4n) is 0.241. The van der Waals surface area contributed by atoms with Gasteiger partial charge in [0.15, 0.2) is 0 Å². The van der Waals surface area contributed by atoms with E-state index in [4.69, 9.17) is 0 Å². The molecule has 0 radical (unpaired) electrons. The normalized spacial score (nSPS) is 8.78. The SMILES string of the molecule is B.Fc1noc(F)c1F. The van der Waals surface area contributed by atoms with Crippen LogP contribution in [0.3, 0.4) is 0 Å². The third kappa shape index (κ3) is 1.25. The molecule has 0 N–H and O–H groups in total. The maximum absolute atomic E-state index is 11.6. The Morgan fingerprint density at radius 2 is 1.78 bits per heavy atom. The highest BCUT2D eigenvalue weighted by molar-refractivity contribution is 5.75. The molecule has 0 fully saturated rings. The van der Waals surface area contributed by atoms with E-state index in [2.05, 4.69) is 9.68 Å². The Morgan fingerprint density at radius 1 is 1.22 bits per heavy atom. The number of rotatable bonds is 0. The number of hydrogen-bond donors (Lipinski definition) is 0. The molecule has 2 nitrogen and oxygen atoms in total. The summed E-state index contributed by atoms with van der Waals surface area (Å²) in [6.07, 6.45) is 0. The van der Waals surface area contributed by atoms with E-state index in [9.17, 15) is 13.2 Å². The monoisotopic (exact) mass is 137 g/mol. The molecule has 1 rings (SSSR count). The minimum absolute atomic E-state index is 0. The largest absolute Gasteiger partial charge is 0.344 e. The van der Waals surface area contributed by atoms with Crippen LogP contribution in [0, 0.1) is 17.8 Å². The average Bonchev–Trinajstić information content (AvgIpc) is 1.98. The Kier molecular flexibility index (Phi) is 2.30. The predicted octanol–water partition coefficient (Wildman–Crippen LogP) is -0.0920. The van der Waals surface area contributed by atoms with Crippen LogP contribution in [-0.4, -0.2) is 13.6 Å². The molecular formula is C3H3BF3NO. The van der Waals surface area contributed by atoms with E-state index in [0.29, 0.717) is 0 Å². The molecule has 0 aliphatic heterocycles. The zero-order valence-electron chi connectivity index (χ0n) is 3.49. The summed E-state index contributed by atoms with van der Waals surface area (Å²) < 4.78 is 38.0. The van der Waals surface area contributed by atoms with Crippen LogP contribution >= 0.6 is 0 Å². The molecule has 0 aromatic carbocycles. The lowest BCUT2D eigenvalue weighted by atomic mass is 10.7. The van der Waals surface area contributed by atoms with Gasteiger partial charge in [0.05, 0.1) is 8.41 Å². The van der Waals surface area contributed by atoms with E-state index >= 15 is 0 Å². The van der Waals surface area contributed by atoms with Crippen molar-refractivity contribution in [3.8, 4) is 0 Å². The van der Waals surface area contributed by atoms with Crippen LogP contribution < -0.4 is 0 Å². The molecule has 0 bridgehead atoms. The Morgan fingerprint density at radius 3 is 1.89 bits per heavy atom. The fourth-order valence-corrected chi connectivity index (χ4v) is 0.241. The topological polar surface area (TPSA) is 26.0 Å². The molecule has 6 heteroatoms. The van der Waals surface area contributed by atoms with Crippen molar-refractivity contribution in [1.29, 1.82) is 0 Å². The molecule has 0 atom stereocenters. The fraction of sp³-hybridized carbons (Fsp3) is 0. The highest BCUT2D eigenvalue weighted by Crippen LogP contribution is 2.06. The van der Waals surface area contributed by atoms with Gasteiger partial charge in [0, 0.05) is 0 Å². The van der Waals surface area contributed by atoms with Crippen molar-refractivity contribution in [2.45, 2.75) is 0 Å². The molecule has 50 valence electrons. The first kappa shape index (κ1) is 8.06. The first-order chi connectivity index (χ1) is 3.72. The Hall–Kier alpha value is -0.935. The molecule has 1 aromatic heterocycles. The van der Waals surface area contributed by atoms with Gasteiger partial charge in [-0.25, -0.2) is 0 Å². The number of halogens is 3. The second-order valence-electron chi connectivity index (χ2n) is 1.06. The average molecular weight is 137 g/mol. The van der Waals surface area contributed by atoms with E-state index in [-0.39, 0.29) is 8.41 Å². The van der Waals surface area contributed by atoms with E-state index in [0.717, 1.165) is 0 Å². The van der Waals surface area contributed by atoms with E-state index < -0.39 is 17.8 Å². The van der Waals surface area contributed by atoms with Gasteiger partial charge in [-0.3, -0.25) is 0 Å². The lowest BCUT2D eigenvalue weighted by molar-refractivity contribution is 0.260. The minimum atomic E-state index is -1.68. The van der Waals surface area contributed by atoms with Crippen LogP contribution in [-0.2, 0) is 0 Å². The van der Waals surface area contributed by atoms with Crippen molar-refractivity contribution in [2.75, 3.05) is 0 Å². The molecule has 0 aliphatic carbocycles. The van der Waals surface area contributed by atoms with Crippen LogP contribution in [0.2, 0.25) is 0 Å². The number of hydrogen-bond acceptors (Lipinski definition) is 2. The number of aromatic nitrogens is 1. The first-order valence-electron chi connectivity index (χ1n) is 1.68. The summed E-state index contributed by atoms with van der Waals surface area (Å²) >= 11 is 0. The molecular weight excluding hydrogens is 134 g/mol. The zero-order valence-corrected chi connectivity index (χ0v) is 3.49. The zero-order chi connectivity index (χ0) is 6.15. The van der Waals surface area contributed by atoms with Gasteiger partial charge in [0.1, 0.15) is 0 Å². The summed E-state index contributed by atoms with van der Waals surface area (Å²) in [5.74, 6) is -3.23. The second kappa shape index (κ2) is 2.57. The first-order valence-corrected chi connectivity index (χ1v) is 1.68. The van der Waals surface area contributed by atoms with Crippen molar-refractivity contribution in [3.63, 3.8) is 0 Å². The highest BCUT2D eigenvalue weighted by Gasteiger charge is 2.13. The lowest BCUT2D eigenvalue weighted by Crippen LogP contribution is -1.76. The van der Waals surface area contributed by atoms with Crippen LogP contribution in [0.15, 0.2) is 4.52 Å². The van der Waals surface area contributed by atoms with Crippen molar-refractivity contribution in [3.05, 3.63) is 17.8 Å². The third-order valence-corrected chi connectivity index (χ3v) is 0.560. The Labute approximate surface area is 50.2 Å². The van der Waals surface area contributed by atoms with Crippen LogP contribution in [0.1, 0.15) is 0 Å². The van der Waals surface area contributed by atoms with Gasteiger partial charge in [0.25, 0.3) is 11.8 Å². The smallest absolute Gasteiger partial charge is 0.320 e. The van der Waals surface area contributed by atoms with E-state index in [1.807, 2.05) is 0 Å². The quantitative estimate of drug-likeness (QED) is 0.467. The molecule has 0 amide bonds.